The fraction of sp³-hybridized carbons (Fsp3) is 0.133. The molecule has 0 fully saturated rings. The van der Waals surface area contributed by atoms with E-state index in [1.165, 1.54) is 0 Å². The molecule has 0 aliphatic rings. The first-order chi connectivity index (χ1) is 11.0. The van der Waals surface area contributed by atoms with E-state index in [-0.39, 0.29) is 23.5 Å². The third kappa shape index (κ3) is 4.24. The fourth-order valence-electron chi connectivity index (χ4n) is 1.96. The maximum atomic E-state index is 13.9. The molecule has 9 heteroatoms. The van der Waals surface area contributed by atoms with Crippen molar-refractivity contribution in [2.24, 2.45) is 0 Å². The third-order valence-corrected chi connectivity index (χ3v) is 2.91. The molecule has 128 valence electrons. The number of halogens is 7. The summed E-state index contributed by atoms with van der Waals surface area (Å²) in [5, 5.41) is 0. The summed E-state index contributed by atoms with van der Waals surface area (Å²) in [6.45, 7) is 0. The largest absolute Gasteiger partial charge is 0.573 e. The molecule has 0 aromatic heterocycles. The van der Waals surface area contributed by atoms with Gasteiger partial charge in [-0.15, -0.1) is 13.2 Å². The first-order valence-electron chi connectivity index (χ1n) is 6.23. The molecule has 0 aliphatic heterocycles. The van der Waals surface area contributed by atoms with E-state index in [4.69, 9.17) is 0 Å². The molecule has 0 saturated carbocycles. The van der Waals surface area contributed by atoms with Crippen molar-refractivity contribution in [1.29, 1.82) is 0 Å². The normalized spacial score (nSPS) is 12.1. The van der Waals surface area contributed by atoms with Crippen molar-refractivity contribution < 1.29 is 40.3 Å². The first kappa shape index (κ1) is 17.8. The monoisotopic (exact) mass is 352 g/mol. The highest BCUT2D eigenvalue weighted by molar-refractivity contribution is 5.80. The lowest BCUT2D eigenvalue weighted by Gasteiger charge is -2.13. The Kier molecular flexibility index (Phi) is 4.54. The van der Waals surface area contributed by atoms with Crippen LogP contribution in [0.3, 0.4) is 0 Å². The number of ether oxygens (including phenoxy) is 1. The van der Waals surface area contributed by atoms with E-state index in [0.29, 0.717) is 6.07 Å². The number of carbonyl (C=O) groups is 1. The minimum absolute atomic E-state index is 0.203. The second kappa shape index (κ2) is 6.14. The van der Waals surface area contributed by atoms with Gasteiger partial charge in [0.2, 0.25) is 0 Å². The Morgan fingerprint density at radius 3 is 2.08 bits per heavy atom. The highest BCUT2D eigenvalue weighted by atomic mass is 19.4. The molecule has 0 radical (unpaired) electrons. The average molecular weight is 352 g/mol. The summed E-state index contributed by atoms with van der Waals surface area (Å²) in [6.07, 6.45) is -9.61. The lowest BCUT2D eigenvalue weighted by Crippen LogP contribution is -2.17. The summed E-state index contributed by atoms with van der Waals surface area (Å²) in [5.41, 5.74) is -2.14. The molecule has 0 heterocycles. The molecule has 0 atom stereocenters. The number of carbonyl (C=O) groups excluding carboxylic acids is 1. The van der Waals surface area contributed by atoms with Crippen LogP contribution in [0.15, 0.2) is 36.4 Å². The number of benzene rings is 2. The third-order valence-electron chi connectivity index (χ3n) is 2.91. The van der Waals surface area contributed by atoms with Gasteiger partial charge in [-0.05, 0) is 35.9 Å². The first-order valence-corrected chi connectivity index (χ1v) is 6.23. The van der Waals surface area contributed by atoms with Crippen LogP contribution in [0.1, 0.15) is 15.9 Å². The zero-order valence-electron chi connectivity index (χ0n) is 11.5. The maximum Gasteiger partial charge on any atom is 0.573 e. The van der Waals surface area contributed by atoms with Gasteiger partial charge in [-0.25, -0.2) is 4.39 Å². The van der Waals surface area contributed by atoms with Crippen molar-refractivity contribution in [3.8, 4) is 16.9 Å². The van der Waals surface area contributed by atoms with Gasteiger partial charge in [-0.2, -0.15) is 13.2 Å². The van der Waals surface area contributed by atoms with Crippen LogP contribution < -0.4 is 4.74 Å². The number of alkyl halides is 6. The Morgan fingerprint density at radius 2 is 1.58 bits per heavy atom. The van der Waals surface area contributed by atoms with Gasteiger partial charge in [0, 0.05) is 11.1 Å². The molecular formula is C15H7F7O2. The average Bonchev–Trinajstić information content (AvgIpc) is 2.43. The van der Waals surface area contributed by atoms with Gasteiger partial charge in [0.25, 0.3) is 0 Å². The van der Waals surface area contributed by atoms with E-state index >= 15 is 0 Å². The van der Waals surface area contributed by atoms with Gasteiger partial charge in [0.1, 0.15) is 17.9 Å². The zero-order valence-corrected chi connectivity index (χ0v) is 11.5. The zero-order chi connectivity index (χ0) is 18.1. The van der Waals surface area contributed by atoms with Crippen LogP contribution >= 0.6 is 0 Å². The van der Waals surface area contributed by atoms with Gasteiger partial charge in [0.15, 0.2) is 0 Å². The van der Waals surface area contributed by atoms with Gasteiger partial charge in [-0.3, -0.25) is 4.79 Å². The van der Waals surface area contributed by atoms with Crippen molar-refractivity contribution in [2.45, 2.75) is 12.5 Å². The van der Waals surface area contributed by atoms with Crippen molar-refractivity contribution in [3.63, 3.8) is 0 Å². The standard InChI is InChI=1S/C15H7F7O2/c16-13-6-10(14(17,18)19)1-2-12(13)9-3-8(7-23)4-11(5-9)24-15(20,21)22/h1-7H. The number of aldehydes is 1. The van der Waals surface area contributed by atoms with Crippen LogP contribution in [0, 0.1) is 5.82 Å². The summed E-state index contributed by atoms with van der Waals surface area (Å²) < 4.78 is 91.9. The Balaban J connectivity index is 2.52. The predicted octanol–water partition coefficient (Wildman–Crippen LogP) is 5.22. The highest BCUT2D eigenvalue weighted by Gasteiger charge is 2.32. The summed E-state index contributed by atoms with van der Waals surface area (Å²) >= 11 is 0. The summed E-state index contributed by atoms with van der Waals surface area (Å²) in [7, 11) is 0. The maximum absolute atomic E-state index is 13.9. The van der Waals surface area contributed by atoms with Gasteiger partial charge in [0.05, 0.1) is 5.56 Å². The van der Waals surface area contributed by atoms with E-state index in [2.05, 4.69) is 4.74 Å². The molecule has 0 spiro atoms. The topological polar surface area (TPSA) is 26.3 Å². The van der Waals surface area contributed by atoms with Crippen LogP contribution in [0.25, 0.3) is 11.1 Å². The fourth-order valence-corrected chi connectivity index (χ4v) is 1.96. The van der Waals surface area contributed by atoms with Crippen molar-refractivity contribution in [3.05, 3.63) is 53.3 Å². The van der Waals surface area contributed by atoms with Crippen molar-refractivity contribution in [1.82, 2.24) is 0 Å². The lowest BCUT2D eigenvalue weighted by atomic mass is 10.0. The Hall–Kier alpha value is -2.58. The van der Waals surface area contributed by atoms with E-state index in [0.717, 1.165) is 24.3 Å². The molecule has 0 saturated heterocycles. The number of hydrogen-bond donors (Lipinski definition) is 0. The van der Waals surface area contributed by atoms with E-state index in [9.17, 15) is 35.5 Å². The van der Waals surface area contributed by atoms with Crippen LogP contribution in [-0.4, -0.2) is 12.6 Å². The minimum Gasteiger partial charge on any atom is -0.406 e. The molecule has 0 amide bonds. The smallest absolute Gasteiger partial charge is 0.406 e. The summed E-state index contributed by atoms with van der Waals surface area (Å²) in [6, 6.07) is 4.13. The van der Waals surface area contributed by atoms with Crippen LogP contribution in [-0.2, 0) is 6.18 Å². The van der Waals surface area contributed by atoms with E-state index < -0.39 is 35.2 Å². The molecule has 2 nitrogen and oxygen atoms in total. The number of hydrogen-bond acceptors (Lipinski definition) is 2. The van der Waals surface area contributed by atoms with Crippen LogP contribution in [0.5, 0.6) is 5.75 Å². The molecule has 0 unspecified atom stereocenters. The van der Waals surface area contributed by atoms with E-state index in [1.54, 1.807) is 0 Å². The summed E-state index contributed by atoms with van der Waals surface area (Å²) in [5.74, 6) is -2.09. The minimum atomic E-state index is -5.04. The van der Waals surface area contributed by atoms with Gasteiger partial charge >= 0.3 is 12.5 Å². The van der Waals surface area contributed by atoms with Crippen molar-refractivity contribution >= 4 is 6.29 Å². The molecule has 2 aromatic rings. The molecule has 2 rings (SSSR count). The van der Waals surface area contributed by atoms with E-state index in [1.807, 2.05) is 0 Å². The quantitative estimate of drug-likeness (QED) is 0.559. The second-order valence-corrected chi connectivity index (χ2v) is 4.65. The highest BCUT2D eigenvalue weighted by Crippen LogP contribution is 2.34. The molecule has 2 aromatic carbocycles. The lowest BCUT2D eigenvalue weighted by molar-refractivity contribution is -0.274. The Morgan fingerprint density at radius 1 is 0.917 bits per heavy atom. The Labute approximate surface area is 130 Å². The summed E-state index contributed by atoms with van der Waals surface area (Å²) in [4.78, 5) is 10.8. The molecule has 0 N–H and O–H groups in total. The molecule has 0 aliphatic carbocycles. The molecule has 0 bridgehead atoms. The van der Waals surface area contributed by atoms with Gasteiger partial charge < -0.3 is 4.74 Å². The predicted molar refractivity (Wildman–Crippen MR) is 68.9 cm³/mol. The number of rotatable bonds is 3. The molecular weight excluding hydrogens is 345 g/mol. The Bertz CT molecular complexity index is 763. The second-order valence-electron chi connectivity index (χ2n) is 4.65. The van der Waals surface area contributed by atoms with Crippen LogP contribution in [0.2, 0.25) is 0 Å². The van der Waals surface area contributed by atoms with Crippen molar-refractivity contribution in [2.75, 3.05) is 0 Å². The SMILES string of the molecule is O=Cc1cc(OC(F)(F)F)cc(-c2ccc(C(F)(F)F)cc2F)c1. The van der Waals surface area contributed by atoms with Crippen LogP contribution in [0.4, 0.5) is 30.7 Å². The van der Waals surface area contributed by atoms with Gasteiger partial charge in [-0.1, -0.05) is 6.07 Å². The molecule has 24 heavy (non-hydrogen) atoms.